The fraction of sp³-hybridized carbons (Fsp3) is 0. The lowest BCUT2D eigenvalue weighted by atomic mass is 10.0. The largest absolute Gasteiger partial charge is 0.332 e. The number of benzene rings is 3. The van der Waals surface area contributed by atoms with E-state index in [2.05, 4.69) is 10.6 Å². The molecule has 0 heterocycles. The van der Waals surface area contributed by atoms with Crippen molar-refractivity contribution in [2.24, 2.45) is 0 Å². The molecule has 0 fully saturated rings. The van der Waals surface area contributed by atoms with E-state index < -0.39 is 4.92 Å². The summed E-state index contributed by atoms with van der Waals surface area (Å²) in [6, 6.07) is 19.6. The number of para-hydroxylation sites is 1. The van der Waals surface area contributed by atoms with E-state index >= 15 is 0 Å². The van der Waals surface area contributed by atoms with Crippen LogP contribution >= 0.6 is 12.2 Å². The van der Waals surface area contributed by atoms with Gasteiger partial charge >= 0.3 is 0 Å². The highest BCUT2D eigenvalue weighted by molar-refractivity contribution is 7.80. The summed E-state index contributed by atoms with van der Waals surface area (Å²) in [6.45, 7) is 0. The third-order valence-corrected chi connectivity index (χ3v) is 3.86. The Labute approximate surface area is 154 Å². The molecule has 0 amide bonds. The van der Waals surface area contributed by atoms with Crippen molar-refractivity contribution in [3.8, 4) is 11.1 Å². The lowest BCUT2D eigenvalue weighted by molar-refractivity contribution is -0.384. The molecule has 0 aliphatic heterocycles. The molecule has 0 bridgehead atoms. The van der Waals surface area contributed by atoms with E-state index in [4.69, 9.17) is 12.2 Å². The number of nitro groups is 1. The van der Waals surface area contributed by atoms with E-state index in [-0.39, 0.29) is 11.5 Å². The van der Waals surface area contributed by atoms with Gasteiger partial charge in [-0.05, 0) is 60.2 Å². The predicted octanol–water partition coefficient (Wildman–Crippen LogP) is 5.21. The minimum Gasteiger partial charge on any atom is -0.332 e. The maximum Gasteiger partial charge on any atom is 0.277 e. The normalized spacial score (nSPS) is 10.2. The number of nitro benzene ring substituents is 1. The van der Waals surface area contributed by atoms with Crippen LogP contribution in [-0.4, -0.2) is 10.0 Å². The Morgan fingerprint density at radius 2 is 1.42 bits per heavy atom. The van der Waals surface area contributed by atoms with Crippen LogP contribution in [0.4, 0.5) is 21.5 Å². The summed E-state index contributed by atoms with van der Waals surface area (Å²) >= 11 is 5.23. The average Bonchev–Trinajstić information content (AvgIpc) is 2.64. The van der Waals surface area contributed by atoms with Crippen LogP contribution in [-0.2, 0) is 0 Å². The molecule has 26 heavy (non-hydrogen) atoms. The van der Waals surface area contributed by atoms with Crippen LogP contribution in [0.25, 0.3) is 11.1 Å². The van der Waals surface area contributed by atoms with Gasteiger partial charge in [0.25, 0.3) is 5.69 Å². The zero-order valence-electron chi connectivity index (χ0n) is 13.5. The minimum absolute atomic E-state index is 0.0571. The average molecular weight is 367 g/mol. The lowest BCUT2D eigenvalue weighted by Crippen LogP contribution is -2.18. The van der Waals surface area contributed by atoms with Gasteiger partial charge in [-0.3, -0.25) is 10.1 Å². The third kappa shape index (κ3) is 4.20. The van der Waals surface area contributed by atoms with E-state index in [9.17, 15) is 14.5 Å². The van der Waals surface area contributed by atoms with E-state index in [1.807, 2.05) is 0 Å². The molecule has 0 aliphatic carbocycles. The Hall–Kier alpha value is -3.32. The van der Waals surface area contributed by atoms with Crippen LogP contribution in [0.15, 0.2) is 72.8 Å². The highest BCUT2D eigenvalue weighted by atomic mass is 32.1. The number of thiocarbonyl (C=S) groups is 1. The number of rotatable bonds is 4. The Bertz CT molecular complexity index is 944. The van der Waals surface area contributed by atoms with Gasteiger partial charge in [0.05, 0.1) is 10.5 Å². The van der Waals surface area contributed by atoms with Crippen LogP contribution in [0.5, 0.6) is 0 Å². The summed E-state index contributed by atoms with van der Waals surface area (Å²) in [7, 11) is 0. The first-order valence-corrected chi connectivity index (χ1v) is 8.11. The van der Waals surface area contributed by atoms with Crippen molar-refractivity contribution >= 4 is 34.4 Å². The van der Waals surface area contributed by atoms with Crippen LogP contribution in [0.3, 0.4) is 0 Å². The number of anilines is 2. The highest BCUT2D eigenvalue weighted by Crippen LogP contribution is 2.30. The summed E-state index contributed by atoms with van der Waals surface area (Å²) in [5.41, 5.74) is 2.74. The van der Waals surface area contributed by atoms with Gasteiger partial charge in [-0.2, -0.15) is 0 Å². The molecule has 0 aliphatic rings. The first-order valence-electron chi connectivity index (χ1n) is 7.70. The zero-order chi connectivity index (χ0) is 18.5. The maximum absolute atomic E-state index is 12.9. The summed E-state index contributed by atoms with van der Waals surface area (Å²) in [5, 5.41) is 17.5. The van der Waals surface area contributed by atoms with Gasteiger partial charge in [0.1, 0.15) is 5.82 Å². The summed E-state index contributed by atoms with van der Waals surface area (Å²) in [4.78, 5) is 10.7. The van der Waals surface area contributed by atoms with Crippen LogP contribution in [0.2, 0.25) is 0 Å². The topological polar surface area (TPSA) is 67.2 Å². The van der Waals surface area contributed by atoms with E-state index in [0.29, 0.717) is 16.4 Å². The standard InChI is InChI=1S/C19H14FN3O2S/c20-14-7-11-16(12-8-14)22-19(26)21-15-9-5-13(6-10-15)17-3-1-2-4-18(17)23(24)25/h1-12H,(H2,21,22,26). The van der Waals surface area contributed by atoms with Crippen LogP contribution in [0.1, 0.15) is 0 Å². The van der Waals surface area contributed by atoms with Crippen LogP contribution < -0.4 is 10.6 Å². The number of hydrogen-bond acceptors (Lipinski definition) is 3. The molecule has 0 aromatic heterocycles. The Balaban J connectivity index is 1.71. The van der Waals surface area contributed by atoms with Crippen molar-refractivity contribution in [3.05, 3.63) is 88.7 Å². The molecule has 3 rings (SSSR count). The SMILES string of the molecule is O=[N+]([O-])c1ccccc1-c1ccc(NC(=S)Nc2ccc(F)cc2)cc1. The second kappa shape index (κ2) is 7.71. The smallest absolute Gasteiger partial charge is 0.277 e. The lowest BCUT2D eigenvalue weighted by Gasteiger charge is -2.11. The molecule has 0 saturated heterocycles. The molecule has 0 unspecified atom stereocenters. The Morgan fingerprint density at radius 1 is 0.885 bits per heavy atom. The van der Waals surface area contributed by atoms with Gasteiger partial charge in [0, 0.05) is 17.4 Å². The highest BCUT2D eigenvalue weighted by Gasteiger charge is 2.13. The van der Waals surface area contributed by atoms with Gasteiger partial charge in [-0.15, -0.1) is 0 Å². The van der Waals surface area contributed by atoms with Crippen molar-refractivity contribution in [2.75, 3.05) is 10.6 Å². The number of halogens is 1. The van der Waals surface area contributed by atoms with Crippen molar-refractivity contribution in [2.45, 2.75) is 0 Å². The number of nitrogens with one attached hydrogen (secondary N) is 2. The maximum atomic E-state index is 12.9. The molecular weight excluding hydrogens is 353 g/mol. The van der Waals surface area contributed by atoms with Gasteiger partial charge in [0.2, 0.25) is 0 Å². The zero-order valence-corrected chi connectivity index (χ0v) is 14.3. The van der Waals surface area contributed by atoms with Crippen LogP contribution in [0, 0.1) is 15.9 Å². The van der Waals surface area contributed by atoms with E-state index in [0.717, 1.165) is 11.3 Å². The van der Waals surface area contributed by atoms with Crippen molar-refractivity contribution in [1.29, 1.82) is 0 Å². The molecule has 7 heteroatoms. The monoisotopic (exact) mass is 367 g/mol. The first kappa shape index (κ1) is 17.5. The molecule has 3 aromatic carbocycles. The second-order valence-electron chi connectivity index (χ2n) is 5.44. The Kier molecular flexibility index (Phi) is 5.19. The van der Waals surface area contributed by atoms with Crippen molar-refractivity contribution in [3.63, 3.8) is 0 Å². The van der Waals surface area contributed by atoms with Gasteiger partial charge in [0.15, 0.2) is 5.11 Å². The fourth-order valence-corrected chi connectivity index (χ4v) is 2.67. The second-order valence-corrected chi connectivity index (χ2v) is 5.85. The molecule has 0 saturated carbocycles. The first-order chi connectivity index (χ1) is 12.5. The summed E-state index contributed by atoms with van der Waals surface area (Å²) < 4.78 is 12.9. The molecule has 5 nitrogen and oxygen atoms in total. The molecule has 0 spiro atoms. The molecular formula is C19H14FN3O2S. The molecule has 3 aromatic rings. The number of nitrogens with zero attached hydrogens (tertiary/aromatic N) is 1. The molecule has 0 atom stereocenters. The molecule has 130 valence electrons. The summed E-state index contributed by atoms with van der Waals surface area (Å²) in [5.74, 6) is -0.319. The predicted molar refractivity (Wildman–Crippen MR) is 105 cm³/mol. The quantitative estimate of drug-likeness (QED) is 0.376. The fourth-order valence-electron chi connectivity index (χ4n) is 2.44. The van der Waals surface area contributed by atoms with Gasteiger partial charge in [-0.1, -0.05) is 24.3 Å². The number of hydrogen-bond donors (Lipinski definition) is 2. The third-order valence-electron chi connectivity index (χ3n) is 3.66. The van der Waals surface area contributed by atoms with Gasteiger partial charge < -0.3 is 10.6 Å². The summed E-state index contributed by atoms with van der Waals surface area (Å²) in [6.07, 6.45) is 0. The van der Waals surface area contributed by atoms with Gasteiger partial charge in [-0.25, -0.2) is 4.39 Å². The van der Waals surface area contributed by atoms with E-state index in [1.165, 1.54) is 18.2 Å². The molecule has 0 radical (unpaired) electrons. The molecule has 2 N–H and O–H groups in total. The Morgan fingerprint density at radius 3 is 2.00 bits per heavy atom. The van der Waals surface area contributed by atoms with E-state index in [1.54, 1.807) is 54.6 Å². The van der Waals surface area contributed by atoms with Crippen molar-refractivity contribution < 1.29 is 9.31 Å². The van der Waals surface area contributed by atoms with Crippen molar-refractivity contribution in [1.82, 2.24) is 0 Å². The minimum atomic E-state index is -0.400.